The molecule has 2 atom stereocenters. The van der Waals surface area contributed by atoms with Gasteiger partial charge in [-0.25, -0.2) is 4.98 Å². The highest BCUT2D eigenvalue weighted by Crippen LogP contribution is 2.44. The van der Waals surface area contributed by atoms with Gasteiger partial charge in [0, 0.05) is 36.6 Å². The molecule has 1 saturated heterocycles. The Morgan fingerprint density at radius 3 is 2.56 bits per heavy atom. The van der Waals surface area contributed by atoms with Gasteiger partial charge in [0.2, 0.25) is 5.91 Å². The largest absolute Gasteiger partial charge is 0.383 e. The van der Waals surface area contributed by atoms with E-state index < -0.39 is 11.6 Å². The topological polar surface area (TPSA) is 126 Å². The van der Waals surface area contributed by atoms with Gasteiger partial charge in [0.25, 0.3) is 5.91 Å². The summed E-state index contributed by atoms with van der Waals surface area (Å²) in [4.78, 5) is 33.5. The molecule has 212 valence electrons. The number of nitrogens with one attached hydrogen (secondary N) is 2. The zero-order chi connectivity index (χ0) is 28.4. The van der Waals surface area contributed by atoms with Crippen molar-refractivity contribution in [2.75, 3.05) is 18.8 Å². The first-order chi connectivity index (χ1) is 20.0. The van der Waals surface area contributed by atoms with Crippen LogP contribution in [-0.2, 0) is 16.1 Å². The fourth-order valence-corrected chi connectivity index (χ4v) is 6.95. The molecule has 1 aliphatic heterocycles. The maximum Gasteiger partial charge on any atom is 0.259 e. The van der Waals surface area contributed by atoms with Crippen LogP contribution in [0.4, 0.5) is 5.82 Å². The predicted octanol–water partition coefficient (Wildman–Crippen LogP) is 4.18. The van der Waals surface area contributed by atoms with E-state index in [0.717, 1.165) is 45.5 Å². The number of nitrogens with two attached hydrogens (primary N) is 2. The van der Waals surface area contributed by atoms with Crippen LogP contribution in [0, 0.1) is 0 Å². The van der Waals surface area contributed by atoms with Crippen molar-refractivity contribution in [1.29, 1.82) is 0 Å². The Hall–Kier alpha value is -4.01. The summed E-state index contributed by atoms with van der Waals surface area (Å²) in [5.74, 6) is -0.600. The van der Waals surface area contributed by atoms with Gasteiger partial charge in [-0.3, -0.25) is 14.5 Å². The average molecular weight is 551 g/mol. The van der Waals surface area contributed by atoms with Crippen LogP contribution in [0.25, 0.3) is 21.5 Å². The van der Waals surface area contributed by atoms with E-state index in [2.05, 4.69) is 45.9 Å². The zero-order valence-corrected chi connectivity index (χ0v) is 23.3. The van der Waals surface area contributed by atoms with E-state index in [1.54, 1.807) is 6.20 Å². The van der Waals surface area contributed by atoms with Gasteiger partial charge < -0.3 is 22.1 Å². The van der Waals surface area contributed by atoms with Crippen molar-refractivity contribution >= 4 is 39.2 Å². The van der Waals surface area contributed by atoms with Crippen LogP contribution in [0.15, 0.2) is 72.9 Å². The van der Waals surface area contributed by atoms with Gasteiger partial charge in [0.15, 0.2) is 5.66 Å². The Labute approximate surface area is 240 Å². The number of nitrogen functional groups attached to an aromatic ring is 1. The second kappa shape index (κ2) is 11.5. The molecule has 8 heteroatoms. The number of rotatable bonds is 8. The number of primary amides is 1. The number of anilines is 1. The SMILES string of the molecule is NC(=O)[C@]1(NC(=O)CNC2CCCCC2)C(c2cccc3ccccc23)CCN1Cc1ccc2c(N)nccc2c1. The van der Waals surface area contributed by atoms with Crippen LogP contribution < -0.4 is 22.1 Å². The number of carbonyl (C=O) groups is 2. The molecule has 4 aromatic rings. The molecule has 2 amide bonds. The standard InChI is InChI=1S/C33H38N6O2/c34-31-27-14-13-22(19-24(27)15-17-36-31)21-39-18-16-29(28-12-6-8-23-7-4-5-11-26(23)28)33(39,32(35)41)38-30(40)20-37-25-9-2-1-3-10-25/h4-8,11-15,17,19,25,29,37H,1-3,9-10,16,18,20-21H2,(H2,34,36)(H2,35,41)(H,38,40)/t29?,33-/m0/s1. The van der Waals surface area contributed by atoms with E-state index in [1.165, 1.54) is 19.3 Å². The number of pyridine rings is 1. The lowest BCUT2D eigenvalue weighted by Crippen LogP contribution is -2.68. The Morgan fingerprint density at radius 2 is 1.73 bits per heavy atom. The number of hydrogen-bond donors (Lipinski definition) is 4. The monoisotopic (exact) mass is 550 g/mol. The Morgan fingerprint density at radius 1 is 0.927 bits per heavy atom. The Balaban J connectivity index is 1.36. The van der Waals surface area contributed by atoms with Gasteiger partial charge in [0.1, 0.15) is 5.82 Å². The normalized spacial score (nSPS) is 21.8. The molecule has 41 heavy (non-hydrogen) atoms. The maximum absolute atomic E-state index is 13.7. The number of fused-ring (bicyclic) bond motifs is 2. The minimum atomic E-state index is -1.39. The van der Waals surface area contributed by atoms with Gasteiger partial charge in [-0.2, -0.15) is 0 Å². The first-order valence-corrected chi connectivity index (χ1v) is 14.7. The Kier molecular flexibility index (Phi) is 7.60. The lowest BCUT2D eigenvalue weighted by molar-refractivity contribution is -0.139. The van der Waals surface area contributed by atoms with Crippen molar-refractivity contribution in [2.45, 2.75) is 62.7 Å². The van der Waals surface area contributed by atoms with Crippen LogP contribution in [-0.4, -0.2) is 46.5 Å². The molecule has 6 N–H and O–H groups in total. The summed E-state index contributed by atoms with van der Waals surface area (Å²) >= 11 is 0. The van der Waals surface area contributed by atoms with Crippen LogP contribution in [0.3, 0.4) is 0 Å². The fourth-order valence-electron chi connectivity index (χ4n) is 6.95. The lowest BCUT2D eigenvalue weighted by Gasteiger charge is -2.41. The minimum absolute atomic E-state index is 0.151. The molecule has 6 rings (SSSR count). The van der Waals surface area contributed by atoms with Crippen molar-refractivity contribution in [3.8, 4) is 0 Å². The van der Waals surface area contributed by atoms with Crippen molar-refractivity contribution in [3.63, 3.8) is 0 Å². The number of aromatic nitrogens is 1. The van der Waals surface area contributed by atoms with Crippen molar-refractivity contribution in [1.82, 2.24) is 20.5 Å². The third-order valence-electron chi connectivity index (χ3n) is 8.98. The van der Waals surface area contributed by atoms with Crippen molar-refractivity contribution < 1.29 is 9.59 Å². The summed E-state index contributed by atoms with van der Waals surface area (Å²) in [6.45, 7) is 1.19. The van der Waals surface area contributed by atoms with Crippen molar-refractivity contribution in [3.05, 3.63) is 84.1 Å². The smallest absolute Gasteiger partial charge is 0.259 e. The third kappa shape index (κ3) is 5.25. The second-order valence-corrected chi connectivity index (χ2v) is 11.5. The van der Waals surface area contributed by atoms with E-state index in [0.29, 0.717) is 31.4 Å². The molecule has 0 bridgehead atoms. The van der Waals surface area contributed by atoms with Gasteiger partial charge >= 0.3 is 0 Å². The van der Waals surface area contributed by atoms with Gasteiger partial charge in [-0.1, -0.05) is 73.9 Å². The molecule has 2 fully saturated rings. The highest BCUT2D eigenvalue weighted by molar-refractivity contribution is 5.94. The summed E-state index contributed by atoms with van der Waals surface area (Å²) in [6, 6.07) is 22.6. The molecular weight excluding hydrogens is 512 g/mol. The van der Waals surface area contributed by atoms with E-state index in [4.69, 9.17) is 11.5 Å². The van der Waals surface area contributed by atoms with E-state index >= 15 is 0 Å². The molecule has 1 aliphatic carbocycles. The molecule has 2 heterocycles. The molecule has 0 spiro atoms. The van der Waals surface area contributed by atoms with Gasteiger partial charge in [-0.05, 0) is 58.7 Å². The van der Waals surface area contributed by atoms with Crippen LogP contribution in [0.1, 0.15) is 55.6 Å². The van der Waals surface area contributed by atoms with Gasteiger partial charge in [0.05, 0.1) is 6.54 Å². The summed E-state index contributed by atoms with van der Waals surface area (Å²) in [7, 11) is 0. The van der Waals surface area contributed by atoms with Crippen LogP contribution in [0.5, 0.6) is 0 Å². The number of carbonyl (C=O) groups excluding carboxylic acids is 2. The summed E-state index contributed by atoms with van der Waals surface area (Å²) in [5.41, 5.74) is 13.0. The molecule has 1 saturated carbocycles. The number of likely N-dealkylation sites (tertiary alicyclic amines) is 1. The predicted molar refractivity (Wildman–Crippen MR) is 163 cm³/mol. The average Bonchev–Trinajstić information content (AvgIpc) is 3.34. The van der Waals surface area contributed by atoms with E-state index in [1.807, 2.05) is 41.3 Å². The lowest BCUT2D eigenvalue weighted by atomic mass is 9.82. The minimum Gasteiger partial charge on any atom is -0.383 e. The van der Waals surface area contributed by atoms with Crippen molar-refractivity contribution in [2.24, 2.45) is 5.73 Å². The van der Waals surface area contributed by atoms with Crippen LogP contribution >= 0.6 is 0 Å². The molecular formula is C33H38N6O2. The number of nitrogens with zero attached hydrogens (tertiary/aromatic N) is 2. The summed E-state index contributed by atoms with van der Waals surface area (Å²) < 4.78 is 0. The fraction of sp³-hybridized carbons (Fsp3) is 0.364. The Bertz CT molecular complexity index is 1580. The van der Waals surface area contributed by atoms with E-state index in [-0.39, 0.29) is 18.4 Å². The molecule has 0 radical (unpaired) electrons. The third-order valence-corrected chi connectivity index (χ3v) is 8.98. The highest BCUT2D eigenvalue weighted by Gasteiger charge is 2.55. The molecule has 8 nitrogen and oxygen atoms in total. The first-order valence-electron chi connectivity index (χ1n) is 14.7. The maximum atomic E-state index is 13.7. The highest BCUT2D eigenvalue weighted by atomic mass is 16.2. The van der Waals surface area contributed by atoms with Crippen LogP contribution in [0.2, 0.25) is 0 Å². The first kappa shape index (κ1) is 27.2. The number of benzene rings is 3. The second-order valence-electron chi connectivity index (χ2n) is 11.5. The summed E-state index contributed by atoms with van der Waals surface area (Å²) in [5, 5.41) is 10.6. The molecule has 3 aromatic carbocycles. The van der Waals surface area contributed by atoms with E-state index in [9.17, 15) is 9.59 Å². The van der Waals surface area contributed by atoms with Gasteiger partial charge in [-0.15, -0.1) is 0 Å². The molecule has 1 aromatic heterocycles. The quantitative estimate of drug-likeness (QED) is 0.261. The molecule has 2 aliphatic rings. The number of amides is 2. The number of hydrogen-bond acceptors (Lipinski definition) is 6. The summed E-state index contributed by atoms with van der Waals surface area (Å²) in [6.07, 6.45) is 8.11. The molecule has 1 unspecified atom stereocenters. The zero-order valence-electron chi connectivity index (χ0n) is 23.3.